The van der Waals surface area contributed by atoms with Crippen molar-refractivity contribution in [1.29, 1.82) is 0 Å². The minimum atomic E-state index is -3.92. The summed E-state index contributed by atoms with van der Waals surface area (Å²) < 4.78 is 45.8. The number of carbonyl (C=O) groups excluding carboxylic acids is 4. The van der Waals surface area contributed by atoms with Gasteiger partial charge in [-0.25, -0.2) is 18.2 Å². The summed E-state index contributed by atoms with van der Waals surface area (Å²) >= 11 is 0. The molecule has 3 N–H and O–H groups in total. The van der Waals surface area contributed by atoms with Gasteiger partial charge in [0.05, 0.1) is 36.7 Å². The molecule has 3 aromatic rings. The average Bonchev–Trinajstić information content (AvgIpc) is 4.11. The minimum Gasteiger partial charge on any atom is -0.496 e. The number of fused-ring (bicyclic) bond motifs is 3. The first-order valence-corrected chi connectivity index (χ1v) is 20.8. The largest absolute Gasteiger partial charge is 0.496 e. The zero-order valence-corrected chi connectivity index (χ0v) is 33.4. The summed E-state index contributed by atoms with van der Waals surface area (Å²) in [5.74, 6) is -1.52. The summed E-state index contributed by atoms with van der Waals surface area (Å²) in [6.45, 7) is 9.24. The molecule has 2 aromatic carbocycles. The number of nitrogens with one attached hydrogen (secondary N) is 3. The van der Waals surface area contributed by atoms with Gasteiger partial charge in [-0.1, -0.05) is 69.3 Å². The summed E-state index contributed by atoms with van der Waals surface area (Å²) in [6, 6.07) is 12.9. The first-order chi connectivity index (χ1) is 27.1. The molecule has 5 atom stereocenters. The van der Waals surface area contributed by atoms with Gasteiger partial charge in [-0.05, 0) is 43.6 Å². The number of allylic oxidation sites excluding steroid dienone is 1. The number of pyridine rings is 1. The van der Waals surface area contributed by atoms with Crippen molar-refractivity contribution in [1.82, 2.24) is 25.2 Å². The van der Waals surface area contributed by atoms with E-state index in [1.807, 2.05) is 60.7 Å². The molecule has 0 radical (unpaired) electrons. The van der Waals surface area contributed by atoms with Gasteiger partial charge in [-0.15, -0.1) is 6.58 Å². The van der Waals surface area contributed by atoms with Crippen molar-refractivity contribution in [2.24, 2.45) is 11.3 Å². The molecule has 15 heteroatoms. The molecule has 0 unspecified atom stereocenters. The maximum atomic E-state index is 14.7. The number of alkyl carbamates (subject to hydrolysis) is 1. The number of hydrogen-bond donors (Lipinski definition) is 3. The van der Waals surface area contributed by atoms with E-state index in [1.54, 1.807) is 27.9 Å². The van der Waals surface area contributed by atoms with Gasteiger partial charge in [-0.3, -0.25) is 19.1 Å². The lowest BCUT2D eigenvalue weighted by molar-refractivity contribution is -0.142. The SMILES string of the molecule is C=C[C@@H]1C[C@]1(NC(=O)[C@@H]1C[C@@H]2CN1C(=O)[C@H](C(C)(C)C)NC(=O)OCCCC=Cc1cc3c(cc(-c4ccccc4)nc3cc1OC)O2)C(=O)NS(=O)(=O)C1CC1. The molecular weight excluding hydrogens is 751 g/mol. The number of cyclic esters (lactones) is 1. The Bertz CT molecular complexity index is 2230. The number of aromatic nitrogens is 1. The predicted octanol–water partition coefficient (Wildman–Crippen LogP) is 4.88. The molecule has 57 heavy (non-hydrogen) atoms. The van der Waals surface area contributed by atoms with E-state index in [2.05, 4.69) is 21.9 Å². The van der Waals surface area contributed by atoms with Crippen molar-refractivity contribution in [2.75, 3.05) is 20.3 Å². The number of benzene rings is 2. The van der Waals surface area contributed by atoms with E-state index >= 15 is 0 Å². The monoisotopic (exact) mass is 799 g/mol. The average molecular weight is 800 g/mol. The highest BCUT2D eigenvalue weighted by molar-refractivity contribution is 7.91. The van der Waals surface area contributed by atoms with Crippen molar-refractivity contribution in [3.05, 3.63) is 72.8 Å². The van der Waals surface area contributed by atoms with Crippen LogP contribution in [0.2, 0.25) is 0 Å². The Morgan fingerprint density at radius 3 is 2.54 bits per heavy atom. The molecule has 0 spiro atoms. The van der Waals surface area contributed by atoms with Crippen LogP contribution in [-0.2, 0) is 29.1 Å². The molecular formula is C42H49N5O9S. The molecule has 7 rings (SSSR count). The Morgan fingerprint density at radius 1 is 1.12 bits per heavy atom. The van der Waals surface area contributed by atoms with Gasteiger partial charge in [-0.2, -0.15) is 0 Å². The number of amides is 4. The summed E-state index contributed by atoms with van der Waals surface area (Å²) in [4.78, 5) is 62.2. The van der Waals surface area contributed by atoms with Crippen LogP contribution in [0.25, 0.3) is 28.2 Å². The zero-order chi connectivity index (χ0) is 40.7. The van der Waals surface area contributed by atoms with E-state index in [1.165, 1.54) is 11.0 Å². The molecule has 4 bridgehead atoms. The van der Waals surface area contributed by atoms with Crippen molar-refractivity contribution in [2.45, 2.75) is 88.3 Å². The van der Waals surface area contributed by atoms with Crippen LogP contribution in [-0.4, -0.2) is 91.4 Å². The van der Waals surface area contributed by atoms with E-state index in [0.717, 1.165) is 11.1 Å². The maximum absolute atomic E-state index is 14.7. The van der Waals surface area contributed by atoms with Crippen LogP contribution in [0.5, 0.6) is 11.5 Å². The molecule has 1 saturated heterocycles. The zero-order valence-electron chi connectivity index (χ0n) is 32.6. The lowest BCUT2D eigenvalue weighted by atomic mass is 9.85. The van der Waals surface area contributed by atoms with E-state index in [9.17, 15) is 27.6 Å². The molecule has 4 amide bonds. The minimum absolute atomic E-state index is 0.0170. The molecule has 1 aromatic heterocycles. The lowest BCUT2D eigenvalue weighted by Crippen LogP contribution is -2.60. The quantitative estimate of drug-likeness (QED) is 0.266. The second-order valence-electron chi connectivity index (χ2n) is 16.3. The smallest absolute Gasteiger partial charge is 0.407 e. The summed E-state index contributed by atoms with van der Waals surface area (Å²) in [6.07, 6.45) is 6.06. The fraction of sp³-hybridized carbons (Fsp3) is 0.452. The molecule has 2 saturated carbocycles. The maximum Gasteiger partial charge on any atom is 0.407 e. The highest BCUT2D eigenvalue weighted by Gasteiger charge is 2.62. The standard InChI is InChI=1S/C42H49N5O9S/c1-6-27-23-42(27,39(50)46-57(52,53)29-16-17-29)45-37(48)33-20-28-24-47(33)38(49)36(41(2,3)4)44-40(51)55-18-12-8-11-15-26-19-30-32(22-34(26)54-5)43-31(21-35(30)56-28)25-13-9-7-10-14-25/h6-7,9-11,13-15,19,21-22,27-29,33,36H,1,8,12,16-18,20,23-24H2,2-5H3,(H,44,51)(H,45,48)(H,46,50)/t27-,28-,33+,36-,42-/m1/s1. The van der Waals surface area contributed by atoms with E-state index in [4.69, 9.17) is 19.2 Å². The Balaban J connectivity index is 1.29. The molecule has 302 valence electrons. The first kappa shape index (κ1) is 39.8. The topological polar surface area (TPSA) is 182 Å². The van der Waals surface area contributed by atoms with Crippen molar-refractivity contribution >= 4 is 50.8 Å². The van der Waals surface area contributed by atoms with Crippen molar-refractivity contribution < 1.29 is 41.8 Å². The number of hydrogen-bond acceptors (Lipinski definition) is 10. The van der Waals surface area contributed by atoms with Gasteiger partial charge in [0.15, 0.2) is 0 Å². The third-order valence-corrected chi connectivity index (χ3v) is 12.8. The van der Waals surface area contributed by atoms with Gasteiger partial charge >= 0.3 is 6.09 Å². The van der Waals surface area contributed by atoms with Gasteiger partial charge in [0, 0.05) is 41.0 Å². The summed E-state index contributed by atoms with van der Waals surface area (Å²) in [5, 5.41) is 5.60. The Morgan fingerprint density at radius 2 is 1.88 bits per heavy atom. The van der Waals surface area contributed by atoms with E-state index in [0.29, 0.717) is 53.8 Å². The molecule has 4 aliphatic rings. The normalized spacial score (nSPS) is 25.4. The van der Waals surface area contributed by atoms with Gasteiger partial charge in [0.2, 0.25) is 21.8 Å². The summed E-state index contributed by atoms with van der Waals surface area (Å²) in [7, 11) is -2.33. The molecule has 14 nitrogen and oxygen atoms in total. The second kappa shape index (κ2) is 15.5. The highest BCUT2D eigenvalue weighted by atomic mass is 32.2. The van der Waals surface area contributed by atoms with E-state index in [-0.39, 0.29) is 26.0 Å². The Hall–Kier alpha value is -5.44. The van der Waals surface area contributed by atoms with Crippen LogP contribution in [0.1, 0.15) is 64.9 Å². The van der Waals surface area contributed by atoms with Crippen LogP contribution in [0.15, 0.2) is 67.3 Å². The number of nitrogens with zero attached hydrogens (tertiary/aromatic N) is 2. The Labute approximate surface area is 332 Å². The summed E-state index contributed by atoms with van der Waals surface area (Å²) in [5.41, 5.74) is 0.481. The fourth-order valence-electron chi connectivity index (χ4n) is 7.52. The second-order valence-corrected chi connectivity index (χ2v) is 18.2. The Kier molecular flexibility index (Phi) is 10.8. The first-order valence-electron chi connectivity index (χ1n) is 19.3. The number of sulfonamides is 1. The van der Waals surface area contributed by atoms with Gasteiger partial charge in [0.25, 0.3) is 5.91 Å². The van der Waals surface area contributed by atoms with E-state index < -0.39 is 74.1 Å². The third-order valence-electron chi connectivity index (χ3n) is 11.0. The lowest BCUT2D eigenvalue weighted by Gasteiger charge is -2.35. The highest BCUT2D eigenvalue weighted by Crippen LogP contribution is 2.46. The number of rotatable bonds is 8. The number of methoxy groups -OCH3 is 1. The molecule has 3 heterocycles. The van der Waals surface area contributed by atoms with Crippen molar-refractivity contribution in [3.63, 3.8) is 0 Å². The van der Waals surface area contributed by atoms with Crippen molar-refractivity contribution in [3.8, 4) is 22.8 Å². The van der Waals surface area contributed by atoms with Crippen LogP contribution >= 0.6 is 0 Å². The van der Waals surface area contributed by atoms with Gasteiger partial charge < -0.3 is 29.7 Å². The fourth-order valence-corrected chi connectivity index (χ4v) is 8.89. The van der Waals surface area contributed by atoms with Gasteiger partial charge in [0.1, 0.15) is 35.2 Å². The van der Waals surface area contributed by atoms with Crippen LogP contribution in [0.3, 0.4) is 0 Å². The molecule has 2 aliphatic carbocycles. The molecule has 3 fully saturated rings. The third kappa shape index (κ3) is 8.34. The number of ether oxygens (including phenoxy) is 3. The van der Waals surface area contributed by atoms with Crippen LogP contribution < -0.4 is 24.8 Å². The van der Waals surface area contributed by atoms with Crippen LogP contribution in [0.4, 0.5) is 4.79 Å². The predicted molar refractivity (Wildman–Crippen MR) is 214 cm³/mol. The number of carbonyl (C=O) groups is 4. The van der Waals surface area contributed by atoms with Crippen LogP contribution in [0, 0.1) is 11.3 Å². The molecule has 2 aliphatic heterocycles.